The summed E-state index contributed by atoms with van der Waals surface area (Å²) in [5.74, 6) is 0.939. The molecule has 2 aromatic heterocycles. The first-order chi connectivity index (χ1) is 12.5. The van der Waals surface area contributed by atoms with Gasteiger partial charge in [0.25, 0.3) is 0 Å². The summed E-state index contributed by atoms with van der Waals surface area (Å²) in [6.07, 6.45) is 6.16. The summed E-state index contributed by atoms with van der Waals surface area (Å²) < 4.78 is 0. The fourth-order valence-corrected chi connectivity index (χ4v) is 3.39. The van der Waals surface area contributed by atoms with Crippen molar-refractivity contribution in [3.63, 3.8) is 0 Å². The smallest absolute Gasteiger partial charge is 0.230 e. The summed E-state index contributed by atoms with van der Waals surface area (Å²) in [7, 11) is 0. The maximum atomic E-state index is 12.5. The van der Waals surface area contributed by atoms with Gasteiger partial charge in [-0.15, -0.1) is 12.4 Å². The number of aromatic nitrogens is 3. The quantitative estimate of drug-likeness (QED) is 0.720. The van der Waals surface area contributed by atoms with E-state index in [1.165, 1.54) is 0 Å². The van der Waals surface area contributed by atoms with E-state index in [4.69, 9.17) is 5.73 Å². The van der Waals surface area contributed by atoms with Crippen LogP contribution in [0.25, 0.3) is 10.9 Å². The minimum atomic E-state index is -0.0631. The second kappa shape index (κ2) is 9.28. The van der Waals surface area contributed by atoms with Crippen molar-refractivity contribution >= 4 is 41.0 Å². The van der Waals surface area contributed by atoms with E-state index in [-0.39, 0.29) is 36.3 Å². The normalized spacial score (nSPS) is 19.6. The molecule has 0 radical (unpaired) electrons. The molecule has 2 atom stereocenters. The molecule has 2 heterocycles. The molecule has 2 aromatic rings. The van der Waals surface area contributed by atoms with Crippen molar-refractivity contribution in [3.05, 3.63) is 18.0 Å². The lowest BCUT2D eigenvalue weighted by atomic mass is 9.85. The molecule has 7 nitrogen and oxygen atoms in total. The summed E-state index contributed by atoms with van der Waals surface area (Å²) in [4.78, 5) is 26.1. The van der Waals surface area contributed by atoms with E-state index < -0.39 is 0 Å². The number of aryl methyl sites for hydroxylation is 1. The highest BCUT2D eigenvalue weighted by Gasteiger charge is 2.26. The zero-order valence-electron chi connectivity index (χ0n) is 16.2. The van der Waals surface area contributed by atoms with Crippen molar-refractivity contribution < 1.29 is 4.79 Å². The van der Waals surface area contributed by atoms with Crippen molar-refractivity contribution in [1.29, 1.82) is 0 Å². The molecule has 148 valence electrons. The number of nitrogens with one attached hydrogen (secondary N) is 2. The largest absolute Gasteiger partial charge is 0.366 e. The molecular formula is C19H29ClN6O. The fourth-order valence-electron chi connectivity index (χ4n) is 3.39. The lowest BCUT2D eigenvalue weighted by Crippen LogP contribution is -2.34. The van der Waals surface area contributed by atoms with Crippen molar-refractivity contribution in [1.82, 2.24) is 15.0 Å². The fraction of sp³-hybridized carbons (Fsp3) is 0.579. The number of pyridine rings is 1. The Hall–Kier alpha value is -1.99. The Kier molecular flexibility index (Phi) is 7.33. The van der Waals surface area contributed by atoms with Gasteiger partial charge in [-0.25, -0.2) is 15.0 Å². The Morgan fingerprint density at radius 3 is 2.78 bits per heavy atom. The Bertz CT molecular complexity index is 797. The van der Waals surface area contributed by atoms with Crippen LogP contribution in [0.4, 0.5) is 11.8 Å². The number of nitrogens with two attached hydrogens (primary N) is 1. The first-order valence-electron chi connectivity index (χ1n) is 9.46. The summed E-state index contributed by atoms with van der Waals surface area (Å²) in [5, 5.41) is 7.12. The third kappa shape index (κ3) is 5.26. The van der Waals surface area contributed by atoms with Gasteiger partial charge in [0.05, 0.1) is 0 Å². The summed E-state index contributed by atoms with van der Waals surface area (Å²) in [5.41, 5.74) is 7.70. The first kappa shape index (κ1) is 21.3. The number of hydrogen-bond acceptors (Lipinski definition) is 6. The van der Waals surface area contributed by atoms with E-state index in [9.17, 15) is 4.79 Å². The Labute approximate surface area is 166 Å². The van der Waals surface area contributed by atoms with Gasteiger partial charge in [0.2, 0.25) is 11.9 Å². The van der Waals surface area contributed by atoms with Crippen LogP contribution in [0.1, 0.15) is 52.1 Å². The second-order valence-electron chi connectivity index (χ2n) is 7.36. The summed E-state index contributed by atoms with van der Waals surface area (Å²) >= 11 is 0. The van der Waals surface area contributed by atoms with Gasteiger partial charge < -0.3 is 11.1 Å². The molecule has 8 heteroatoms. The predicted molar refractivity (Wildman–Crippen MR) is 111 cm³/mol. The van der Waals surface area contributed by atoms with Crippen LogP contribution < -0.4 is 16.4 Å². The van der Waals surface area contributed by atoms with Crippen LogP contribution >= 0.6 is 12.4 Å². The van der Waals surface area contributed by atoms with Crippen LogP contribution in [-0.4, -0.2) is 32.9 Å². The number of nitrogens with zero attached hydrogens (tertiary/aromatic N) is 3. The van der Waals surface area contributed by atoms with E-state index in [1.54, 1.807) is 6.20 Å². The van der Waals surface area contributed by atoms with Crippen LogP contribution in [0.2, 0.25) is 0 Å². The van der Waals surface area contributed by atoms with Crippen molar-refractivity contribution in [2.75, 3.05) is 10.6 Å². The molecular weight excluding hydrogens is 364 g/mol. The average Bonchev–Trinajstić information content (AvgIpc) is 2.61. The molecule has 27 heavy (non-hydrogen) atoms. The molecule has 0 unspecified atom stereocenters. The number of carbonyl (C=O) groups excluding carboxylic acids is 1. The number of fused-ring (bicyclic) bond motifs is 1. The van der Waals surface area contributed by atoms with Crippen LogP contribution in [0, 0.1) is 5.92 Å². The number of carbonyl (C=O) groups is 1. The zero-order chi connectivity index (χ0) is 18.7. The van der Waals surface area contributed by atoms with E-state index in [0.29, 0.717) is 5.95 Å². The highest BCUT2D eigenvalue weighted by molar-refractivity contribution is 5.93. The molecule has 1 amide bonds. The highest BCUT2D eigenvalue weighted by atomic mass is 35.5. The molecule has 4 N–H and O–H groups in total. The zero-order valence-corrected chi connectivity index (χ0v) is 17.0. The topological polar surface area (TPSA) is 106 Å². The first-order valence-corrected chi connectivity index (χ1v) is 9.46. The molecule has 3 rings (SSSR count). The predicted octanol–water partition coefficient (Wildman–Crippen LogP) is 3.29. The molecule has 1 aliphatic carbocycles. The van der Waals surface area contributed by atoms with E-state index in [2.05, 4.69) is 46.4 Å². The standard InChI is InChI=1S/C19H28N6O.ClH/c1-4-15-9-13-10-21-19(24-16(13)17(23-15)22-11(2)3)25-18(26)12-6-5-7-14(20)8-12;/h9-12,14H,4-8,20H2,1-3H3,(H,22,23)(H,21,24,25,26);1H/t12-,14+;/m0./s1. The van der Waals surface area contributed by atoms with Crippen LogP contribution in [0.5, 0.6) is 0 Å². The number of hydrogen-bond donors (Lipinski definition) is 3. The average molecular weight is 393 g/mol. The van der Waals surface area contributed by atoms with E-state index >= 15 is 0 Å². The molecule has 0 spiro atoms. The number of anilines is 2. The van der Waals surface area contributed by atoms with Crippen molar-refractivity contribution in [2.45, 2.75) is 65.0 Å². The van der Waals surface area contributed by atoms with Crippen LogP contribution in [0.15, 0.2) is 12.3 Å². The van der Waals surface area contributed by atoms with E-state index in [0.717, 1.165) is 54.5 Å². The Morgan fingerprint density at radius 2 is 2.11 bits per heavy atom. The van der Waals surface area contributed by atoms with Crippen molar-refractivity contribution in [3.8, 4) is 0 Å². The maximum Gasteiger partial charge on any atom is 0.230 e. The van der Waals surface area contributed by atoms with Gasteiger partial charge in [-0.2, -0.15) is 0 Å². The van der Waals surface area contributed by atoms with Gasteiger partial charge in [-0.05, 0) is 45.6 Å². The Morgan fingerprint density at radius 1 is 1.33 bits per heavy atom. The molecule has 1 fully saturated rings. The molecule has 0 saturated heterocycles. The number of amides is 1. The number of rotatable bonds is 5. The summed E-state index contributed by atoms with van der Waals surface area (Å²) in [6, 6.07) is 2.33. The van der Waals surface area contributed by atoms with Gasteiger partial charge in [0.15, 0.2) is 5.82 Å². The molecule has 0 bridgehead atoms. The van der Waals surface area contributed by atoms with Gasteiger partial charge in [0.1, 0.15) is 5.52 Å². The van der Waals surface area contributed by atoms with Gasteiger partial charge in [0, 0.05) is 35.3 Å². The second-order valence-corrected chi connectivity index (χ2v) is 7.36. The van der Waals surface area contributed by atoms with Gasteiger partial charge >= 0.3 is 0 Å². The van der Waals surface area contributed by atoms with Gasteiger partial charge in [-0.3, -0.25) is 10.1 Å². The third-order valence-corrected chi connectivity index (χ3v) is 4.73. The van der Waals surface area contributed by atoms with Crippen LogP contribution in [-0.2, 0) is 11.2 Å². The lowest BCUT2D eigenvalue weighted by molar-refractivity contribution is -0.120. The lowest BCUT2D eigenvalue weighted by Gasteiger charge is -2.25. The van der Waals surface area contributed by atoms with Crippen molar-refractivity contribution in [2.24, 2.45) is 11.7 Å². The molecule has 0 aromatic carbocycles. The highest BCUT2D eigenvalue weighted by Crippen LogP contribution is 2.25. The third-order valence-electron chi connectivity index (χ3n) is 4.73. The van der Waals surface area contributed by atoms with Gasteiger partial charge in [-0.1, -0.05) is 13.3 Å². The minimum Gasteiger partial charge on any atom is -0.366 e. The maximum absolute atomic E-state index is 12.5. The number of halogens is 1. The van der Waals surface area contributed by atoms with E-state index in [1.807, 2.05) is 6.07 Å². The minimum absolute atomic E-state index is 0. The molecule has 1 aliphatic rings. The molecule has 1 saturated carbocycles. The Balaban J connectivity index is 0.00000261. The monoisotopic (exact) mass is 392 g/mol. The van der Waals surface area contributed by atoms with Crippen LogP contribution in [0.3, 0.4) is 0 Å². The summed E-state index contributed by atoms with van der Waals surface area (Å²) in [6.45, 7) is 6.18. The SMILES string of the molecule is CCc1cc2cnc(NC(=O)[C@H]3CCC[C@@H](N)C3)nc2c(NC(C)C)n1.Cl. The molecule has 0 aliphatic heterocycles.